The number of rotatable bonds is 4. The third-order valence-electron chi connectivity index (χ3n) is 3.12. The van der Waals surface area contributed by atoms with E-state index in [4.69, 9.17) is 0 Å². The maximum Gasteiger partial charge on any atom is 0.187 e. The Morgan fingerprint density at radius 2 is 2.12 bits per heavy atom. The van der Waals surface area contributed by atoms with Gasteiger partial charge in [-0.05, 0) is 58.2 Å². The Kier molecular flexibility index (Phi) is 4.80. The zero-order valence-electron chi connectivity index (χ0n) is 10.7. The Hall–Kier alpha value is -0.610. The molecule has 0 bridgehead atoms. The monoisotopic (exact) mass is 251 g/mol. The van der Waals surface area contributed by atoms with Gasteiger partial charge in [-0.1, -0.05) is 11.8 Å². The summed E-state index contributed by atoms with van der Waals surface area (Å²) >= 11 is 1.79. The van der Waals surface area contributed by atoms with Crippen molar-refractivity contribution in [2.24, 2.45) is 5.92 Å². The van der Waals surface area contributed by atoms with Gasteiger partial charge in [-0.3, -0.25) is 0 Å². The van der Waals surface area contributed by atoms with Crippen molar-refractivity contribution < 1.29 is 0 Å². The number of nitrogens with zero attached hydrogens (tertiary/aromatic N) is 2. The van der Waals surface area contributed by atoms with Gasteiger partial charge in [-0.25, -0.2) is 9.97 Å². The van der Waals surface area contributed by atoms with Gasteiger partial charge < -0.3 is 5.32 Å². The van der Waals surface area contributed by atoms with E-state index in [9.17, 15) is 0 Å². The average Bonchev–Trinajstić information content (AvgIpc) is 2.29. The molecule has 1 aliphatic heterocycles. The molecule has 1 fully saturated rings. The van der Waals surface area contributed by atoms with Gasteiger partial charge in [-0.15, -0.1) is 0 Å². The van der Waals surface area contributed by atoms with Gasteiger partial charge in [0.1, 0.15) is 0 Å². The van der Waals surface area contributed by atoms with Gasteiger partial charge in [-0.2, -0.15) is 0 Å². The molecule has 4 heteroatoms. The molecule has 1 aliphatic rings. The molecule has 0 spiro atoms. The van der Waals surface area contributed by atoms with Crippen molar-refractivity contribution >= 4 is 11.8 Å². The second kappa shape index (κ2) is 6.36. The number of aryl methyl sites for hydroxylation is 2. The zero-order chi connectivity index (χ0) is 12.1. The van der Waals surface area contributed by atoms with E-state index in [1.165, 1.54) is 32.4 Å². The van der Waals surface area contributed by atoms with Crippen molar-refractivity contribution in [3.05, 3.63) is 17.5 Å². The van der Waals surface area contributed by atoms with Crippen LogP contribution < -0.4 is 5.32 Å². The number of nitrogens with one attached hydrogen (secondary N) is 1. The Bertz CT molecular complexity index is 341. The van der Waals surface area contributed by atoms with Gasteiger partial charge in [0, 0.05) is 17.1 Å². The molecule has 2 rings (SSSR count). The van der Waals surface area contributed by atoms with E-state index >= 15 is 0 Å². The molecule has 1 aromatic heterocycles. The highest BCUT2D eigenvalue weighted by atomic mass is 32.2. The highest BCUT2D eigenvalue weighted by Gasteiger charge is 2.12. The van der Waals surface area contributed by atoms with Crippen LogP contribution in [0.2, 0.25) is 0 Å². The zero-order valence-corrected chi connectivity index (χ0v) is 11.5. The standard InChI is InChI=1S/C13H21N3S/c1-10-8-11(2)16-13(15-10)17-7-5-12-4-3-6-14-9-12/h8,12,14H,3-7,9H2,1-2H3. The lowest BCUT2D eigenvalue weighted by molar-refractivity contribution is 0.371. The summed E-state index contributed by atoms with van der Waals surface area (Å²) in [4.78, 5) is 8.91. The summed E-state index contributed by atoms with van der Waals surface area (Å²) < 4.78 is 0. The first-order valence-corrected chi connectivity index (χ1v) is 7.38. The molecule has 0 amide bonds. The minimum absolute atomic E-state index is 0.849. The molecule has 0 saturated carbocycles. The molecule has 2 heterocycles. The van der Waals surface area contributed by atoms with Crippen LogP contribution in [0.4, 0.5) is 0 Å². The number of hydrogen-bond donors (Lipinski definition) is 1. The van der Waals surface area contributed by atoms with Gasteiger partial charge >= 0.3 is 0 Å². The van der Waals surface area contributed by atoms with Crippen LogP contribution in [0.5, 0.6) is 0 Å². The second-order valence-electron chi connectivity index (χ2n) is 4.78. The van der Waals surface area contributed by atoms with Crippen molar-refractivity contribution in [2.75, 3.05) is 18.8 Å². The third kappa shape index (κ3) is 4.28. The largest absolute Gasteiger partial charge is 0.316 e. The first-order chi connectivity index (χ1) is 8.24. The molecule has 17 heavy (non-hydrogen) atoms. The first kappa shape index (κ1) is 12.8. The van der Waals surface area contributed by atoms with Crippen LogP contribution in [0.3, 0.4) is 0 Å². The van der Waals surface area contributed by atoms with Gasteiger partial charge in [0.05, 0.1) is 0 Å². The van der Waals surface area contributed by atoms with Gasteiger partial charge in [0.25, 0.3) is 0 Å². The molecule has 1 unspecified atom stereocenters. The summed E-state index contributed by atoms with van der Waals surface area (Å²) in [6.07, 6.45) is 3.98. The molecular formula is C13H21N3S. The number of piperidine rings is 1. The number of aromatic nitrogens is 2. The van der Waals surface area contributed by atoms with Crippen LogP contribution in [-0.2, 0) is 0 Å². The normalized spacial score (nSPS) is 20.5. The predicted molar refractivity (Wildman–Crippen MR) is 72.4 cm³/mol. The predicted octanol–water partition coefficient (Wildman–Crippen LogP) is 2.58. The summed E-state index contributed by atoms with van der Waals surface area (Å²) in [5.41, 5.74) is 2.14. The van der Waals surface area contributed by atoms with E-state index in [1.54, 1.807) is 11.8 Å². The van der Waals surface area contributed by atoms with Crippen LogP contribution >= 0.6 is 11.8 Å². The third-order valence-corrected chi connectivity index (χ3v) is 4.00. The topological polar surface area (TPSA) is 37.8 Å². The Balaban J connectivity index is 1.77. The smallest absolute Gasteiger partial charge is 0.187 e. The summed E-state index contributed by atoms with van der Waals surface area (Å²) in [6, 6.07) is 2.02. The molecule has 3 nitrogen and oxygen atoms in total. The van der Waals surface area contributed by atoms with E-state index in [0.717, 1.165) is 28.2 Å². The second-order valence-corrected chi connectivity index (χ2v) is 5.84. The van der Waals surface area contributed by atoms with Crippen molar-refractivity contribution in [1.82, 2.24) is 15.3 Å². The Morgan fingerprint density at radius 1 is 1.35 bits per heavy atom. The van der Waals surface area contributed by atoms with E-state index in [-0.39, 0.29) is 0 Å². The summed E-state index contributed by atoms with van der Waals surface area (Å²) in [5, 5.41) is 4.40. The van der Waals surface area contributed by atoms with Crippen LogP contribution in [0.25, 0.3) is 0 Å². The first-order valence-electron chi connectivity index (χ1n) is 6.40. The lowest BCUT2D eigenvalue weighted by Gasteiger charge is -2.22. The van der Waals surface area contributed by atoms with E-state index in [2.05, 4.69) is 15.3 Å². The lowest BCUT2D eigenvalue weighted by atomic mass is 9.97. The minimum atomic E-state index is 0.849. The molecule has 0 aromatic carbocycles. The Morgan fingerprint density at radius 3 is 2.76 bits per heavy atom. The SMILES string of the molecule is Cc1cc(C)nc(SCCC2CCCNC2)n1. The highest BCUT2D eigenvalue weighted by Crippen LogP contribution is 2.20. The molecule has 0 aliphatic carbocycles. The van der Waals surface area contributed by atoms with Crippen molar-refractivity contribution in [2.45, 2.75) is 38.3 Å². The quantitative estimate of drug-likeness (QED) is 0.659. The molecule has 94 valence electrons. The van der Waals surface area contributed by atoms with E-state index < -0.39 is 0 Å². The van der Waals surface area contributed by atoms with Crippen LogP contribution in [0.15, 0.2) is 11.2 Å². The number of hydrogen-bond acceptors (Lipinski definition) is 4. The summed E-state index contributed by atoms with van der Waals surface area (Å²) in [5.74, 6) is 1.98. The highest BCUT2D eigenvalue weighted by molar-refractivity contribution is 7.99. The van der Waals surface area contributed by atoms with Gasteiger partial charge in [0.2, 0.25) is 0 Å². The number of thioether (sulfide) groups is 1. The maximum absolute atomic E-state index is 4.45. The van der Waals surface area contributed by atoms with Crippen molar-refractivity contribution in [1.29, 1.82) is 0 Å². The molecule has 1 atom stereocenters. The average molecular weight is 251 g/mol. The summed E-state index contributed by atoms with van der Waals surface area (Å²) in [6.45, 7) is 6.45. The minimum Gasteiger partial charge on any atom is -0.316 e. The maximum atomic E-state index is 4.45. The fraction of sp³-hybridized carbons (Fsp3) is 0.692. The molecule has 1 aromatic rings. The molecule has 0 radical (unpaired) electrons. The Labute approximate surface area is 108 Å². The molecule has 1 N–H and O–H groups in total. The van der Waals surface area contributed by atoms with E-state index in [1.807, 2.05) is 19.9 Å². The fourth-order valence-electron chi connectivity index (χ4n) is 2.25. The van der Waals surface area contributed by atoms with Crippen LogP contribution in [0, 0.1) is 19.8 Å². The van der Waals surface area contributed by atoms with Crippen molar-refractivity contribution in [3.63, 3.8) is 0 Å². The van der Waals surface area contributed by atoms with Crippen LogP contribution in [-0.4, -0.2) is 28.8 Å². The fourth-order valence-corrected chi connectivity index (χ4v) is 3.30. The van der Waals surface area contributed by atoms with E-state index in [0.29, 0.717) is 0 Å². The summed E-state index contributed by atoms with van der Waals surface area (Å²) in [7, 11) is 0. The van der Waals surface area contributed by atoms with Crippen molar-refractivity contribution in [3.8, 4) is 0 Å². The van der Waals surface area contributed by atoms with Gasteiger partial charge in [0.15, 0.2) is 5.16 Å². The molecular weight excluding hydrogens is 230 g/mol. The van der Waals surface area contributed by atoms with Crippen LogP contribution in [0.1, 0.15) is 30.7 Å². The molecule has 1 saturated heterocycles. The lowest BCUT2D eigenvalue weighted by Crippen LogP contribution is -2.29.